The van der Waals surface area contributed by atoms with E-state index in [1.54, 1.807) is 25.3 Å². The minimum atomic E-state index is -3.99. The van der Waals surface area contributed by atoms with Crippen LogP contribution in [-0.2, 0) is 14.8 Å². The van der Waals surface area contributed by atoms with E-state index in [1.165, 1.54) is 24.3 Å². The molecule has 0 bridgehead atoms. The van der Waals surface area contributed by atoms with Crippen molar-refractivity contribution in [1.82, 2.24) is 5.32 Å². The van der Waals surface area contributed by atoms with Gasteiger partial charge in [0.25, 0.3) is 10.0 Å². The number of halogens is 1. The molecule has 0 saturated heterocycles. The van der Waals surface area contributed by atoms with Crippen molar-refractivity contribution in [2.24, 2.45) is 0 Å². The summed E-state index contributed by atoms with van der Waals surface area (Å²) in [6.45, 7) is 3.34. The van der Waals surface area contributed by atoms with E-state index in [4.69, 9.17) is 16.3 Å². The molecule has 0 heterocycles. The Hall–Kier alpha value is -3.03. The van der Waals surface area contributed by atoms with Gasteiger partial charge in [-0.2, -0.15) is 0 Å². The number of hydrogen-bond acceptors (Lipinski definition) is 4. The van der Waals surface area contributed by atoms with Gasteiger partial charge in [-0.3, -0.25) is 9.10 Å². The molecule has 0 spiro atoms. The number of methoxy groups -OCH3 is 1. The number of hydrogen-bond donors (Lipinski definition) is 1. The van der Waals surface area contributed by atoms with Crippen molar-refractivity contribution in [3.8, 4) is 5.75 Å². The topological polar surface area (TPSA) is 75.7 Å². The Balaban J connectivity index is 1.86. The van der Waals surface area contributed by atoms with Crippen LogP contribution in [0, 0.1) is 6.92 Å². The second kappa shape index (κ2) is 10.1. The molecule has 8 heteroatoms. The van der Waals surface area contributed by atoms with Gasteiger partial charge in [-0.25, -0.2) is 8.42 Å². The number of ether oxygens (including phenoxy) is 1. The van der Waals surface area contributed by atoms with Crippen molar-refractivity contribution in [3.63, 3.8) is 0 Å². The van der Waals surface area contributed by atoms with Crippen LogP contribution in [0.15, 0.2) is 77.7 Å². The largest absolute Gasteiger partial charge is 0.497 e. The first kappa shape index (κ1) is 23.6. The van der Waals surface area contributed by atoms with Crippen LogP contribution in [0.1, 0.15) is 24.1 Å². The van der Waals surface area contributed by atoms with E-state index in [9.17, 15) is 13.2 Å². The molecule has 1 amide bonds. The van der Waals surface area contributed by atoms with E-state index < -0.39 is 15.9 Å². The van der Waals surface area contributed by atoms with Crippen molar-refractivity contribution in [2.45, 2.75) is 24.8 Å². The molecule has 32 heavy (non-hydrogen) atoms. The number of benzene rings is 3. The highest BCUT2D eigenvalue weighted by atomic mass is 35.5. The highest BCUT2D eigenvalue weighted by molar-refractivity contribution is 7.92. The summed E-state index contributed by atoms with van der Waals surface area (Å²) >= 11 is 5.92. The van der Waals surface area contributed by atoms with Crippen LogP contribution < -0.4 is 14.4 Å². The number of amides is 1. The van der Waals surface area contributed by atoms with E-state index in [-0.39, 0.29) is 17.5 Å². The van der Waals surface area contributed by atoms with Gasteiger partial charge in [-0.15, -0.1) is 0 Å². The zero-order valence-electron chi connectivity index (χ0n) is 18.1. The summed E-state index contributed by atoms with van der Waals surface area (Å²) in [5, 5.41) is 3.30. The third kappa shape index (κ3) is 5.60. The van der Waals surface area contributed by atoms with Gasteiger partial charge in [0.2, 0.25) is 5.91 Å². The van der Waals surface area contributed by atoms with Crippen LogP contribution in [0.5, 0.6) is 5.75 Å². The van der Waals surface area contributed by atoms with Crippen LogP contribution >= 0.6 is 11.6 Å². The lowest BCUT2D eigenvalue weighted by molar-refractivity contribution is -0.120. The van der Waals surface area contributed by atoms with Crippen molar-refractivity contribution in [1.29, 1.82) is 0 Å². The number of sulfonamides is 1. The van der Waals surface area contributed by atoms with Gasteiger partial charge in [0.05, 0.1) is 23.7 Å². The molecule has 0 radical (unpaired) electrons. The fraction of sp³-hybridized carbons (Fsp3) is 0.208. The molecule has 3 aromatic carbocycles. The number of nitrogens with zero attached hydrogens (tertiary/aromatic N) is 1. The van der Waals surface area contributed by atoms with Crippen LogP contribution in [-0.4, -0.2) is 28.0 Å². The first-order valence-corrected chi connectivity index (χ1v) is 11.8. The normalized spacial score (nSPS) is 12.1. The summed E-state index contributed by atoms with van der Waals surface area (Å²) in [6.07, 6.45) is 0. The lowest BCUT2D eigenvalue weighted by atomic mass is 10.1. The van der Waals surface area contributed by atoms with Gasteiger partial charge in [0.15, 0.2) is 0 Å². The lowest BCUT2D eigenvalue weighted by Crippen LogP contribution is -2.41. The minimum Gasteiger partial charge on any atom is -0.497 e. The molecule has 0 aromatic heterocycles. The molecule has 6 nitrogen and oxygen atoms in total. The molecule has 1 atom stereocenters. The molecule has 0 aliphatic heterocycles. The predicted molar refractivity (Wildman–Crippen MR) is 127 cm³/mol. The summed E-state index contributed by atoms with van der Waals surface area (Å²) < 4.78 is 33.1. The Morgan fingerprint density at radius 1 is 1.06 bits per heavy atom. The van der Waals surface area contributed by atoms with Crippen molar-refractivity contribution in [2.75, 3.05) is 18.0 Å². The fourth-order valence-electron chi connectivity index (χ4n) is 3.23. The van der Waals surface area contributed by atoms with Crippen LogP contribution in [0.4, 0.5) is 5.69 Å². The second-order valence-corrected chi connectivity index (χ2v) is 9.67. The fourth-order valence-corrected chi connectivity index (χ4v) is 4.76. The summed E-state index contributed by atoms with van der Waals surface area (Å²) in [5.74, 6) is 0.291. The highest BCUT2D eigenvalue weighted by Gasteiger charge is 2.27. The number of carbonyl (C=O) groups excluding carboxylic acids is 1. The standard InChI is InChI=1S/C24H25ClN2O4S/c1-17-5-4-6-21(15-17)27(32(29,30)23-13-9-20(25)10-14-23)16-24(28)26-18(2)19-7-11-22(31-3)12-8-19/h4-15,18H,16H2,1-3H3,(H,26,28)/t18-/m0/s1. The third-order valence-corrected chi connectivity index (χ3v) is 7.01. The van der Waals surface area contributed by atoms with Crippen LogP contribution in [0.3, 0.4) is 0 Å². The van der Waals surface area contributed by atoms with Crippen molar-refractivity contribution < 1.29 is 17.9 Å². The van der Waals surface area contributed by atoms with E-state index in [2.05, 4.69) is 5.32 Å². The first-order valence-electron chi connectivity index (χ1n) is 9.99. The number of anilines is 1. The molecule has 1 N–H and O–H groups in total. The molecular formula is C24H25ClN2O4S. The zero-order valence-corrected chi connectivity index (χ0v) is 19.7. The predicted octanol–water partition coefficient (Wildman–Crippen LogP) is 4.73. The van der Waals surface area contributed by atoms with Gasteiger partial charge in [-0.1, -0.05) is 35.9 Å². The maximum absolute atomic E-state index is 13.4. The van der Waals surface area contributed by atoms with Gasteiger partial charge in [0.1, 0.15) is 12.3 Å². The third-order valence-electron chi connectivity index (χ3n) is 4.97. The maximum Gasteiger partial charge on any atom is 0.264 e. The van der Waals surface area contributed by atoms with Gasteiger partial charge >= 0.3 is 0 Å². The molecule has 0 aliphatic carbocycles. The first-order chi connectivity index (χ1) is 15.2. The molecule has 168 valence electrons. The Bertz CT molecular complexity index is 1180. The number of rotatable bonds is 8. The lowest BCUT2D eigenvalue weighted by Gasteiger charge is -2.25. The quantitative estimate of drug-likeness (QED) is 0.514. The smallest absolute Gasteiger partial charge is 0.264 e. The molecule has 0 aliphatic rings. The molecule has 0 unspecified atom stereocenters. The van der Waals surface area contributed by atoms with Crippen molar-refractivity contribution >= 4 is 33.2 Å². The summed E-state index contributed by atoms with van der Waals surface area (Å²) in [5.41, 5.74) is 2.17. The average Bonchev–Trinajstić information content (AvgIpc) is 2.77. The molecule has 0 fully saturated rings. The molecule has 3 aromatic rings. The Labute approximate surface area is 193 Å². The number of carbonyl (C=O) groups is 1. The average molecular weight is 473 g/mol. The summed E-state index contributed by atoms with van der Waals surface area (Å²) in [7, 11) is -2.41. The number of aryl methyl sites for hydroxylation is 1. The van der Waals surface area contributed by atoms with E-state index in [0.717, 1.165) is 15.4 Å². The monoisotopic (exact) mass is 472 g/mol. The van der Waals surface area contributed by atoms with Crippen LogP contribution in [0.25, 0.3) is 0 Å². The van der Waals surface area contributed by atoms with E-state index >= 15 is 0 Å². The minimum absolute atomic E-state index is 0.0550. The van der Waals surface area contributed by atoms with Gasteiger partial charge in [0, 0.05) is 5.02 Å². The zero-order chi connectivity index (χ0) is 23.3. The van der Waals surface area contributed by atoms with Gasteiger partial charge in [-0.05, 0) is 73.5 Å². The SMILES string of the molecule is COc1ccc([C@H](C)NC(=O)CN(c2cccc(C)c2)S(=O)(=O)c2ccc(Cl)cc2)cc1. The maximum atomic E-state index is 13.4. The molecule has 0 saturated carbocycles. The second-order valence-electron chi connectivity index (χ2n) is 7.37. The summed E-state index contributed by atoms with van der Waals surface area (Å²) in [6, 6.07) is 19.9. The Morgan fingerprint density at radius 2 is 1.72 bits per heavy atom. The number of nitrogens with one attached hydrogen (secondary N) is 1. The van der Waals surface area contributed by atoms with Gasteiger partial charge < -0.3 is 10.1 Å². The van der Waals surface area contributed by atoms with E-state index in [1.807, 2.05) is 44.2 Å². The van der Waals surface area contributed by atoms with Crippen molar-refractivity contribution in [3.05, 3.63) is 88.9 Å². The molecule has 3 rings (SSSR count). The van der Waals surface area contributed by atoms with Crippen LogP contribution in [0.2, 0.25) is 5.02 Å². The van der Waals surface area contributed by atoms with E-state index in [0.29, 0.717) is 16.5 Å². The highest BCUT2D eigenvalue weighted by Crippen LogP contribution is 2.26. The molecular weight excluding hydrogens is 448 g/mol. The Morgan fingerprint density at radius 3 is 2.31 bits per heavy atom. The Kier molecular flexibility index (Phi) is 7.43. The summed E-state index contributed by atoms with van der Waals surface area (Å²) in [4.78, 5) is 12.9.